The van der Waals surface area contributed by atoms with Crippen molar-refractivity contribution in [3.63, 3.8) is 0 Å². The summed E-state index contributed by atoms with van der Waals surface area (Å²) in [4.78, 5) is 11.9. The smallest absolute Gasteiger partial charge is 0.240 e. The predicted octanol–water partition coefficient (Wildman–Crippen LogP) is 2.01. The summed E-state index contributed by atoms with van der Waals surface area (Å²) in [6.07, 6.45) is 1.06. The van der Waals surface area contributed by atoms with Crippen molar-refractivity contribution in [2.24, 2.45) is 0 Å². The van der Waals surface area contributed by atoms with Crippen LogP contribution in [0.1, 0.15) is 18.4 Å². The van der Waals surface area contributed by atoms with Crippen molar-refractivity contribution in [1.29, 1.82) is 0 Å². The van der Waals surface area contributed by atoms with Crippen LogP contribution in [-0.2, 0) is 21.2 Å². The van der Waals surface area contributed by atoms with Crippen molar-refractivity contribution in [3.8, 4) is 11.5 Å². The topological polar surface area (TPSA) is 93.7 Å². The lowest BCUT2D eigenvalue weighted by Crippen LogP contribution is -2.31. The molecule has 2 N–H and O–H groups in total. The molecular weight excluding hydrogens is 399 g/mol. The van der Waals surface area contributed by atoms with Gasteiger partial charge in [-0.15, -0.1) is 0 Å². The van der Waals surface area contributed by atoms with Gasteiger partial charge in [-0.3, -0.25) is 4.79 Å². The Morgan fingerprint density at radius 3 is 2.59 bits per heavy atom. The van der Waals surface area contributed by atoms with Crippen molar-refractivity contribution in [1.82, 2.24) is 10.0 Å². The van der Waals surface area contributed by atoms with Gasteiger partial charge in [0.25, 0.3) is 0 Å². The monoisotopic (exact) mass is 422 g/mol. The Bertz CT molecular complexity index is 965. The SMILES string of the molecule is O=C(CCNS(=O)(=O)c1ccc2c(c1)OCCCO2)NCCc1ccccc1F. The van der Waals surface area contributed by atoms with Crippen molar-refractivity contribution in [2.45, 2.75) is 24.2 Å². The summed E-state index contributed by atoms with van der Waals surface area (Å²) in [5, 5.41) is 2.66. The van der Waals surface area contributed by atoms with Crippen molar-refractivity contribution in [2.75, 3.05) is 26.3 Å². The van der Waals surface area contributed by atoms with E-state index < -0.39 is 10.0 Å². The van der Waals surface area contributed by atoms with Gasteiger partial charge in [0.2, 0.25) is 15.9 Å². The molecule has 2 aromatic rings. The van der Waals surface area contributed by atoms with Crippen LogP contribution in [0.4, 0.5) is 4.39 Å². The Hall–Kier alpha value is -2.65. The molecule has 1 heterocycles. The number of nitrogens with one attached hydrogen (secondary N) is 2. The molecule has 2 aromatic carbocycles. The lowest BCUT2D eigenvalue weighted by atomic mass is 10.1. The normalized spacial score (nSPS) is 13.6. The van der Waals surface area contributed by atoms with Crippen LogP contribution in [0, 0.1) is 5.82 Å². The van der Waals surface area contributed by atoms with Crippen LogP contribution in [0.5, 0.6) is 11.5 Å². The maximum Gasteiger partial charge on any atom is 0.240 e. The van der Waals surface area contributed by atoms with Gasteiger partial charge in [0.1, 0.15) is 5.82 Å². The van der Waals surface area contributed by atoms with Crippen LogP contribution < -0.4 is 19.5 Å². The molecule has 1 aliphatic heterocycles. The molecule has 0 aliphatic carbocycles. The van der Waals surface area contributed by atoms with E-state index in [4.69, 9.17) is 9.47 Å². The third kappa shape index (κ3) is 5.91. The average molecular weight is 422 g/mol. The van der Waals surface area contributed by atoms with E-state index in [0.29, 0.717) is 36.7 Å². The Morgan fingerprint density at radius 2 is 1.79 bits per heavy atom. The molecule has 156 valence electrons. The molecule has 0 aromatic heterocycles. The van der Waals surface area contributed by atoms with Gasteiger partial charge in [0, 0.05) is 32.0 Å². The number of ether oxygens (including phenoxy) is 2. The van der Waals surface area contributed by atoms with Gasteiger partial charge in [-0.05, 0) is 30.2 Å². The minimum absolute atomic E-state index is 0.0267. The van der Waals surface area contributed by atoms with Crippen LogP contribution in [-0.4, -0.2) is 40.6 Å². The predicted molar refractivity (Wildman–Crippen MR) is 105 cm³/mol. The van der Waals surface area contributed by atoms with E-state index in [1.807, 2.05) is 0 Å². The molecule has 3 rings (SSSR count). The standard InChI is InChI=1S/C20H23FN2O5S/c21-17-5-2-1-4-15(17)8-10-22-20(24)9-11-23-29(25,26)16-6-7-18-19(14-16)28-13-3-12-27-18/h1-2,4-7,14,23H,3,8-13H2,(H,22,24). The molecular formula is C20H23FN2O5S. The third-order valence-electron chi connectivity index (χ3n) is 4.35. The quantitative estimate of drug-likeness (QED) is 0.679. The van der Waals surface area contributed by atoms with E-state index in [2.05, 4.69) is 10.0 Å². The van der Waals surface area contributed by atoms with E-state index in [9.17, 15) is 17.6 Å². The van der Waals surface area contributed by atoms with Gasteiger partial charge < -0.3 is 14.8 Å². The zero-order valence-corrected chi connectivity index (χ0v) is 16.6. The summed E-state index contributed by atoms with van der Waals surface area (Å²) in [7, 11) is -3.79. The molecule has 0 fully saturated rings. The second-order valence-electron chi connectivity index (χ2n) is 6.50. The van der Waals surface area contributed by atoms with E-state index in [-0.39, 0.29) is 36.1 Å². The van der Waals surface area contributed by atoms with Crippen molar-refractivity contribution < 1.29 is 27.1 Å². The highest BCUT2D eigenvalue weighted by Crippen LogP contribution is 2.31. The van der Waals surface area contributed by atoms with Gasteiger partial charge in [0.05, 0.1) is 18.1 Å². The highest BCUT2D eigenvalue weighted by molar-refractivity contribution is 7.89. The molecule has 0 atom stereocenters. The lowest BCUT2D eigenvalue weighted by molar-refractivity contribution is -0.120. The number of hydrogen-bond donors (Lipinski definition) is 2. The first-order valence-electron chi connectivity index (χ1n) is 9.35. The fourth-order valence-corrected chi connectivity index (χ4v) is 3.87. The Morgan fingerprint density at radius 1 is 1.03 bits per heavy atom. The summed E-state index contributed by atoms with van der Waals surface area (Å²) in [6, 6.07) is 10.8. The molecule has 0 radical (unpaired) electrons. The molecule has 0 saturated carbocycles. The first-order valence-corrected chi connectivity index (χ1v) is 10.8. The molecule has 9 heteroatoms. The summed E-state index contributed by atoms with van der Waals surface area (Å²) >= 11 is 0. The van der Waals surface area contributed by atoms with Gasteiger partial charge in [-0.2, -0.15) is 0 Å². The van der Waals surface area contributed by atoms with Crippen LogP contribution in [0.3, 0.4) is 0 Å². The molecule has 0 saturated heterocycles. The van der Waals surface area contributed by atoms with Crippen LogP contribution in [0.25, 0.3) is 0 Å². The first-order chi connectivity index (χ1) is 14.0. The summed E-state index contributed by atoms with van der Waals surface area (Å²) in [5.74, 6) is 0.263. The minimum Gasteiger partial charge on any atom is -0.490 e. The van der Waals surface area contributed by atoms with Gasteiger partial charge >= 0.3 is 0 Å². The van der Waals surface area contributed by atoms with Crippen LogP contribution in [0.2, 0.25) is 0 Å². The minimum atomic E-state index is -3.79. The molecule has 0 spiro atoms. The highest BCUT2D eigenvalue weighted by atomic mass is 32.2. The fourth-order valence-electron chi connectivity index (χ4n) is 2.82. The third-order valence-corrected chi connectivity index (χ3v) is 5.81. The molecule has 0 unspecified atom stereocenters. The maximum atomic E-state index is 13.5. The van der Waals surface area contributed by atoms with Crippen LogP contribution in [0.15, 0.2) is 47.4 Å². The van der Waals surface area contributed by atoms with Gasteiger partial charge in [-0.25, -0.2) is 17.5 Å². The number of fused-ring (bicyclic) bond motifs is 1. The average Bonchev–Trinajstić information content (AvgIpc) is 2.94. The Kier molecular flexibility index (Phi) is 7.05. The number of rotatable bonds is 8. The van der Waals surface area contributed by atoms with Crippen LogP contribution >= 0.6 is 0 Å². The van der Waals surface area contributed by atoms with E-state index in [1.165, 1.54) is 18.2 Å². The molecule has 29 heavy (non-hydrogen) atoms. The van der Waals surface area contributed by atoms with E-state index in [0.717, 1.165) is 6.42 Å². The summed E-state index contributed by atoms with van der Waals surface area (Å²) in [6.45, 7) is 1.19. The number of carbonyl (C=O) groups excluding carboxylic acids is 1. The van der Waals surface area contributed by atoms with E-state index in [1.54, 1.807) is 24.3 Å². The van der Waals surface area contributed by atoms with E-state index >= 15 is 0 Å². The lowest BCUT2D eigenvalue weighted by Gasteiger charge is -2.11. The first kappa shape index (κ1) is 21.1. The summed E-state index contributed by atoms with van der Waals surface area (Å²) in [5.41, 5.74) is 0.517. The number of carbonyl (C=O) groups is 1. The van der Waals surface area contributed by atoms with Gasteiger partial charge in [-0.1, -0.05) is 18.2 Å². The number of hydrogen-bond acceptors (Lipinski definition) is 5. The molecule has 7 nitrogen and oxygen atoms in total. The zero-order chi connectivity index (χ0) is 20.7. The number of benzene rings is 2. The second-order valence-corrected chi connectivity index (χ2v) is 8.27. The fraction of sp³-hybridized carbons (Fsp3) is 0.350. The van der Waals surface area contributed by atoms with Crippen molar-refractivity contribution >= 4 is 15.9 Å². The number of amides is 1. The zero-order valence-electron chi connectivity index (χ0n) is 15.8. The van der Waals surface area contributed by atoms with Crippen molar-refractivity contribution in [3.05, 3.63) is 53.8 Å². The maximum absolute atomic E-state index is 13.5. The number of halogens is 1. The summed E-state index contributed by atoms with van der Waals surface area (Å²) < 4.78 is 51.8. The molecule has 0 bridgehead atoms. The molecule has 1 amide bonds. The second kappa shape index (κ2) is 9.71. The Labute approximate surface area is 169 Å². The molecule has 1 aliphatic rings. The largest absolute Gasteiger partial charge is 0.490 e. The number of sulfonamides is 1. The highest BCUT2D eigenvalue weighted by Gasteiger charge is 2.18. The van der Waals surface area contributed by atoms with Gasteiger partial charge in [0.15, 0.2) is 11.5 Å². The Balaban J connectivity index is 1.46.